The summed E-state index contributed by atoms with van der Waals surface area (Å²) >= 11 is 0. The molecule has 7 rings (SSSR count). The Morgan fingerprint density at radius 3 is 0.918 bits per heavy atom. The molecule has 0 spiro atoms. The summed E-state index contributed by atoms with van der Waals surface area (Å²) in [7, 11) is -3.07. The zero-order chi connectivity index (χ0) is 34.3. The number of hydrogen-bond donors (Lipinski definition) is 0. The van der Waals surface area contributed by atoms with Crippen molar-refractivity contribution in [1.82, 2.24) is 0 Å². The Kier molecular flexibility index (Phi) is 8.73. The molecule has 1 aliphatic rings. The minimum atomic E-state index is -3.07. The molecule has 0 N–H and O–H groups in total. The molecule has 0 atom stereocenters. The van der Waals surface area contributed by atoms with Crippen LogP contribution in [0.4, 0.5) is 0 Å². The summed E-state index contributed by atoms with van der Waals surface area (Å²) < 4.78 is 0. The van der Waals surface area contributed by atoms with Gasteiger partial charge in [0.15, 0.2) is 8.07 Å². The quantitative estimate of drug-likeness (QED) is 0.119. The monoisotopic (exact) mass is 650 g/mol. The van der Waals surface area contributed by atoms with Crippen LogP contribution in [0.1, 0.15) is 44.4 Å². The van der Waals surface area contributed by atoms with Gasteiger partial charge < -0.3 is 0 Å². The zero-order valence-electron chi connectivity index (χ0n) is 29.9. The summed E-state index contributed by atoms with van der Waals surface area (Å²) in [6.07, 6.45) is 0. The highest BCUT2D eigenvalue weighted by Gasteiger charge is 2.53. The van der Waals surface area contributed by atoms with Gasteiger partial charge in [-0.25, -0.2) is 0 Å². The van der Waals surface area contributed by atoms with Gasteiger partial charge in [-0.15, -0.1) is 0 Å². The molecule has 0 aliphatic heterocycles. The van der Waals surface area contributed by atoms with Crippen molar-refractivity contribution in [3.05, 3.63) is 185 Å². The molecule has 0 heterocycles. The number of allylic oxidation sites excluding steroid dienone is 4. The van der Waals surface area contributed by atoms with Crippen molar-refractivity contribution in [1.29, 1.82) is 0 Å². The molecule has 242 valence electrons. The van der Waals surface area contributed by atoms with Gasteiger partial charge in [0.25, 0.3) is 0 Å². The van der Waals surface area contributed by atoms with Gasteiger partial charge >= 0.3 is 0 Å². The molecular formula is C48H46Si. The molecule has 0 aromatic heterocycles. The molecule has 0 saturated heterocycles. The van der Waals surface area contributed by atoms with Crippen molar-refractivity contribution in [3.63, 3.8) is 0 Å². The first kappa shape index (κ1) is 32.6. The third kappa shape index (κ3) is 5.57. The summed E-state index contributed by atoms with van der Waals surface area (Å²) in [4.78, 5) is 0. The third-order valence-electron chi connectivity index (χ3n) is 11.1. The molecule has 0 radical (unpaired) electrons. The molecule has 0 saturated carbocycles. The first-order valence-corrected chi connectivity index (χ1v) is 19.6. The lowest BCUT2D eigenvalue weighted by Gasteiger charge is -2.44. The van der Waals surface area contributed by atoms with Crippen molar-refractivity contribution >= 4 is 23.6 Å². The highest BCUT2D eigenvalue weighted by atomic mass is 28.3. The van der Waals surface area contributed by atoms with Crippen molar-refractivity contribution < 1.29 is 0 Å². The van der Waals surface area contributed by atoms with Gasteiger partial charge in [-0.3, -0.25) is 0 Å². The third-order valence-corrected chi connectivity index (χ3v) is 16.7. The van der Waals surface area contributed by atoms with Crippen LogP contribution in [0, 0.1) is 20.8 Å². The predicted octanol–water partition coefficient (Wildman–Crippen LogP) is 11.1. The van der Waals surface area contributed by atoms with Crippen LogP contribution in [0.15, 0.2) is 168 Å². The van der Waals surface area contributed by atoms with Crippen LogP contribution in [-0.4, -0.2) is 8.07 Å². The highest BCUT2D eigenvalue weighted by molar-refractivity contribution is 7.15. The van der Waals surface area contributed by atoms with E-state index in [1.165, 1.54) is 87.9 Å². The van der Waals surface area contributed by atoms with Crippen LogP contribution < -0.4 is 15.6 Å². The van der Waals surface area contributed by atoms with Crippen LogP contribution >= 0.6 is 0 Å². The SMILES string of the molecule is CC1=C(C)C([Si](c2ccc(C)cc2-c2ccccc2)(c2ccc(C)cc2-c2ccccc2)c2ccc(C)cc2-c2ccccc2)C(C)=C1C. The van der Waals surface area contributed by atoms with Gasteiger partial charge in [0.1, 0.15) is 0 Å². The maximum atomic E-state index is 2.51. The van der Waals surface area contributed by atoms with E-state index in [0.717, 1.165) is 0 Å². The van der Waals surface area contributed by atoms with Crippen molar-refractivity contribution in [2.75, 3.05) is 0 Å². The largest absolute Gasteiger partial charge is 0.161 e. The van der Waals surface area contributed by atoms with Crippen LogP contribution in [0.5, 0.6) is 0 Å². The molecule has 0 nitrogen and oxygen atoms in total. The second-order valence-electron chi connectivity index (χ2n) is 14.1. The molecule has 1 heteroatoms. The molecule has 49 heavy (non-hydrogen) atoms. The Bertz CT molecular complexity index is 1980. The minimum absolute atomic E-state index is 0.230. The van der Waals surface area contributed by atoms with Gasteiger partial charge in [0.05, 0.1) is 0 Å². The molecular weight excluding hydrogens is 605 g/mol. The lowest BCUT2D eigenvalue weighted by molar-refractivity contribution is 1.09. The number of rotatable bonds is 7. The maximum absolute atomic E-state index is 3.07. The molecule has 6 aromatic carbocycles. The van der Waals surface area contributed by atoms with Crippen molar-refractivity contribution in [2.45, 2.75) is 54.0 Å². The number of aryl methyl sites for hydroxylation is 3. The first-order valence-electron chi connectivity index (χ1n) is 17.6. The van der Waals surface area contributed by atoms with Gasteiger partial charge in [-0.2, -0.15) is 0 Å². The lowest BCUT2D eigenvalue weighted by Crippen LogP contribution is -2.71. The van der Waals surface area contributed by atoms with E-state index in [-0.39, 0.29) is 5.54 Å². The predicted molar refractivity (Wildman–Crippen MR) is 215 cm³/mol. The first-order chi connectivity index (χ1) is 23.7. The average molecular weight is 651 g/mol. The molecule has 0 fully saturated rings. The Morgan fingerprint density at radius 1 is 0.347 bits per heavy atom. The van der Waals surface area contributed by atoms with E-state index >= 15 is 0 Å². The van der Waals surface area contributed by atoms with Gasteiger partial charge in [-0.1, -0.05) is 173 Å². The van der Waals surface area contributed by atoms with E-state index < -0.39 is 8.07 Å². The van der Waals surface area contributed by atoms with E-state index in [2.05, 4.69) is 194 Å². The molecule has 1 aliphatic carbocycles. The van der Waals surface area contributed by atoms with Crippen molar-refractivity contribution in [2.24, 2.45) is 0 Å². The summed E-state index contributed by atoms with van der Waals surface area (Å²) in [6, 6.07) is 55.3. The van der Waals surface area contributed by atoms with E-state index in [1.54, 1.807) is 0 Å². The fraction of sp³-hybridized carbons (Fsp3) is 0.167. The fourth-order valence-electron chi connectivity index (χ4n) is 8.48. The van der Waals surface area contributed by atoms with Gasteiger partial charge in [0, 0.05) is 5.54 Å². The second kappa shape index (κ2) is 13.1. The van der Waals surface area contributed by atoms with E-state index in [4.69, 9.17) is 0 Å². The minimum Gasteiger partial charge on any atom is -0.0647 e. The number of hydrogen-bond acceptors (Lipinski definition) is 0. The average Bonchev–Trinajstić information content (AvgIpc) is 3.32. The summed E-state index contributed by atoms with van der Waals surface area (Å²) in [6.45, 7) is 16.3. The fourth-order valence-corrected chi connectivity index (χ4v) is 15.0. The van der Waals surface area contributed by atoms with Crippen LogP contribution in [0.3, 0.4) is 0 Å². The van der Waals surface area contributed by atoms with Crippen LogP contribution in [0.2, 0.25) is 5.54 Å². The number of benzene rings is 6. The summed E-state index contributed by atoms with van der Waals surface area (Å²) in [5, 5.41) is 4.41. The van der Waals surface area contributed by atoms with E-state index in [1.807, 2.05) is 0 Å². The van der Waals surface area contributed by atoms with Gasteiger partial charge in [-0.05, 0) is 109 Å². The maximum Gasteiger partial charge on any atom is 0.161 e. The lowest BCUT2D eigenvalue weighted by atomic mass is 10.0. The standard InChI is InChI=1S/C48H46Si/c1-32-23-26-45(42(29-32)39-17-11-8-12-18-39)49(48-37(6)35(4)36(5)38(48)7,46-27-24-33(2)30-43(46)40-19-13-9-14-20-40)47-28-25-34(3)31-44(47)41-21-15-10-16-22-41/h8-31,48H,1-7H3. The highest BCUT2D eigenvalue weighted by Crippen LogP contribution is 2.48. The van der Waals surface area contributed by atoms with Crippen LogP contribution in [-0.2, 0) is 0 Å². The molecule has 0 amide bonds. The summed E-state index contributed by atoms with van der Waals surface area (Å²) in [5.74, 6) is 0. The van der Waals surface area contributed by atoms with Crippen LogP contribution in [0.25, 0.3) is 33.4 Å². The topological polar surface area (TPSA) is 0 Å². The smallest absolute Gasteiger partial charge is 0.0647 e. The Balaban J connectivity index is 1.77. The van der Waals surface area contributed by atoms with E-state index in [9.17, 15) is 0 Å². The Hall–Kier alpha value is -4.98. The normalized spacial score (nSPS) is 13.8. The van der Waals surface area contributed by atoms with E-state index in [0.29, 0.717) is 0 Å². The van der Waals surface area contributed by atoms with Crippen molar-refractivity contribution in [3.8, 4) is 33.4 Å². The van der Waals surface area contributed by atoms with Gasteiger partial charge in [0.2, 0.25) is 0 Å². The molecule has 0 unspecified atom stereocenters. The molecule has 0 bridgehead atoms. The molecule has 6 aromatic rings. The Labute approximate surface area is 294 Å². The summed E-state index contributed by atoms with van der Waals surface area (Å²) in [5.41, 5.74) is 17.8. The zero-order valence-corrected chi connectivity index (χ0v) is 30.9. The second-order valence-corrected chi connectivity index (χ2v) is 17.9. The Morgan fingerprint density at radius 2 is 0.633 bits per heavy atom.